The van der Waals surface area contributed by atoms with Crippen molar-refractivity contribution in [3.63, 3.8) is 0 Å². The number of hydrogen-bond acceptors (Lipinski definition) is 4. The molecule has 4 N–H and O–H groups in total. The smallest absolute Gasteiger partial charge is 0.267 e. The summed E-state index contributed by atoms with van der Waals surface area (Å²) in [4.78, 5) is 14.6. The van der Waals surface area contributed by atoms with Gasteiger partial charge in [0.15, 0.2) is 0 Å². The Bertz CT molecular complexity index is 1020. The maximum Gasteiger partial charge on any atom is 0.267 e. The summed E-state index contributed by atoms with van der Waals surface area (Å²) in [5.41, 5.74) is 7.79. The van der Waals surface area contributed by atoms with Crippen molar-refractivity contribution < 1.29 is 10.0 Å². The number of fused-ring (bicyclic) bond motifs is 3. The molecule has 4 rings (SSSR count). The number of carbonyl (C=O) groups is 1. The first-order valence-corrected chi connectivity index (χ1v) is 10.9. The van der Waals surface area contributed by atoms with Gasteiger partial charge in [-0.3, -0.25) is 10.0 Å². The number of aromatic amines is 1. The number of benzene rings is 2. The summed E-state index contributed by atoms with van der Waals surface area (Å²) in [6.07, 6.45) is 6.40. The van der Waals surface area contributed by atoms with Gasteiger partial charge in [-0.2, -0.15) is 0 Å². The highest BCUT2D eigenvalue weighted by Gasteiger charge is 2.15. The lowest BCUT2D eigenvalue weighted by Gasteiger charge is -2.09. The third kappa shape index (κ3) is 4.90. The van der Waals surface area contributed by atoms with Crippen LogP contribution in [-0.2, 0) is 24.2 Å². The minimum atomic E-state index is -0.535. The van der Waals surface area contributed by atoms with Gasteiger partial charge in [-0.15, -0.1) is 11.8 Å². The van der Waals surface area contributed by atoms with E-state index < -0.39 is 5.91 Å². The molecule has 1 aliphatic rings. The van der Waals surface area contributed by atoms with Gasteiger partial charge in [0.05, 0.1) is 5.03 Å². The van der Waals surface area contributed by atoms with E-state index in [0.717, 1.165) is 25.1 Å². The van der Waals surface area contributed by atoms with Crippen molar-refractivity contribution in [2.45, 2.75) is 30.8 Å². The van der Waals surface area contributed by atoms with Crippen LogP contribution in [-0.4, -0.2) is 28.4 Å². The van der Waals surface area contributed by atoms with Crippen molar-refractivity contribution in [1.82, 2.24) is 15.8 Å². The average molecular weight is 408 g/mol. The Hall–Kier alpha value is -2.54. The Balaban J connectivity index is 1.28. The fraction of sp³-hybridized carbons (Fsp3) is 0.261. The van der Waals surface area contributed by atoms with Crippen LogP contribution in [0.25, 0.3) is 17.0 Å². The Morgan fingerprint density at radius 1 is 1.17 bits per heavy atom. The molecule has 5 nitrogen and oxygen atoms in total. The van der Waals surface area contributed by atoms with E-state index in [4.69, 9.17) is 5.21 Å². The van der Waals surface area contributed by atoms with Gasteiger partial charge in [0.1, 0.15) is 0 Å². The van der Waals surface area contributed by atoms with Crippen molar-refractivity contribution in [2.24, 2.45) is 0 Å². The van der Waals surface area contributed by atoms with E-state index in [-0.39, 0.29) is 0 Å². The summed E-state index contributed by atoms with van der Waals surface area (Å²) >= 11 is 1.94. The number of hydroxylamine groups is 1. The zero-order chi connectivity index (χ0) is 20.1. The number of nitrogens with one attached hydrogen (secondary N) is 3. The SMILES string of the molecule is O=C(/C=C/c1ccc(CNCCc2ccc3c4c([nH]c3c2)SCCC4)cc1)NO. The van der Waals surface area contributed by atoms with Gasteiger partial charge in [0, 0.05) is 23.5 Å². The molecule has 0 aliphatic carbocycles. The number of carbonyl (C=O) groups excluding carboxylic acids is 1. The number of amides is 1. The monoisotopic (exact) mass is 407 g/mol. The lowest BCUT2D eigenvalue weighted by atomic mass is 10.1. The fourth-order valence-electron chi connectivity index (χ4n) is 3.65. The van der Waals surface area contributed by atoms with E-state index >= 15 is 0 Å². The first kappa shape index (κ1) is 19.8. The second-order valence-corrected chi connectivity index (χ2v) is 8.35. The summed E-state index contributed by atoms with van der Waals surface area (Å²) in [5.74, 6) is 0.679. The second kappa shape index (κ2) is 9.31. The molecule has 1 amide bonds. The van der Waals surface area contributed by atoms with E-state index in [2.05, 4.69) is 28.5 Å². The third-order valence-electron chi connectivity index (χ3n) is 5.19. The Morgan fingerprint density at radius 2 is 2.00 bits per heavy atom. The first-order chi connectivity index (χ1) is 14.2. The fourth-order valence-corrected chi connectivity index (χ4v) is 4.71. The predicted molar refractivity (Wildman–Crippen MR) is 118 cm³/mol. The standard InChI is InChI=1S/C23H25N3O2S/c27-22(26-28)10-8-16-3-5-18(6-4-16)15-24-12-11-17-7-9-19-20-2-1-13-29-23(20)25-21(19)14-17/h3-10,14,24-25,28H,1-2,11-13,15H2,(H,26,27)/b10-8+. The van der Waals surface area contributed by atoms with Gasteiger partial charge in [-0.1, -0.05) is 36.4 Å². The largest absolute Gasteiger partial charge is 0.349 e. The van der Waals surface area contributed by atoms with E-state index in [1.807, 2.05) is 36.0 Å². The molecule has 0 spiro atoms. The zero-order valence-corrected chi connectivity index (χ0v) is 17.0. The minimum Gasteiger partial charge on any atom is -0.349 e. The van der Waals surface area contributed by atoms with Crippen molar-refractivity contribution in [2.75, 3.05) is 12.3 Å². The number of aryl methyl sites for hydroxylation is 1. The molecular formula is C23H25N3O2S. The third-order valence-corrected chi connectivity index (χ3v) is 6.32. The molecule has 0 fully saturated rings. The molecule has 3 aromatic rings. The lowest BCUT2D eigenvalue weighted by Crippen LogP contribution is -2.16. The van der Waals surface area contributed by atoms with Gasteiger partial charge in [-0.25, -0.2) is 5.48 Å². The maximum absolute atomic E-state index is 11.0. The van der Waals surface area contributed by atoms with Gasteiger partial charge < -0.3 is 10.3 Å². The van der Waals surface area contributed by atoms with E-state index in [1.165, 1.54) is 57.3 Å². The molecule has 0 atom stereocenters. The topological polar surface area (TPSA) is 77.2 Å². The van der Waals surface area contributed by atoms with Crippen LogP contribution in [0.2, 0.25) is 0 Å². The van der Waals surface area contributed by atoms with E-state index in [1.54, 1.807) is 11.6 Å². The number of rotatable bonds is 7. The summed E-state index contributed by atoms with van der Waals surface area (Å²) in [6.45, 7) is 1.72. The van der Waals surface area contributed by atoms with Gasteiger partial charge >= 0.3 is 0 Å². The highest BCUT2D eigenvalue weighted by molar-refractivity contribution is 7.99. The summed E-state index contributed by atoms with van der Waals surface area (Å²) < 4.78 is 0. The molecule has 0 unspecified atom stereocenters. The molecule has 2 aromatic carbocycles. The van der Waals surface area contributed by atoms with Gasteiger partial charge in [0.25, 0.3) is 5.91 Å². The molecule has 150 valence electrons. The highest BCUT2D eigenvalue weighted by Crippen LogP contribution is 2.35. The summed E-state index contributed by atoms with van der Waals surface area (Å²) in [5, 5.41) is 14.7. The average Bonchev–Trinajstić information content (AvgIpc) is 3.13. The molecular weight excluding hydrogens is 382 g/mol. The van der Waals surface area contributed by atoms with Crippen molar-refractivity contribution >= 4 is 34.6 Å². The van der Waals surface area contributed by atoms with Crippen LogP contribution >= 0.6 is 11.8 Å². The quantitative estimate of drug-likeness (QED) is 0.206. The Morgan fingerprint density at radius 3 is 2.83 bits per heavy atom. The maximum atomic E-state index is 11.0. The minimum absolute atomic E-state index is 0.535. The van der Waals surface area contributed by atoms with Crippen LogP contribution in [0.3, 0.4) is 0 Å². The summed E-state index contributed by atoms with van der Waals surface area (Å²) in [6, 6.07) is 14.8. The van der Waals surface area contributed by atoms with Crippen molar-refractivity contribution in [3.8, 4) is 0 Å². The van der Waals surface area contributed by atoms with Crippen LogP contribution in [0.5, 0.6) is 0 Å². The van der Waals surface area contributed by atoms with Crippen LogP contribution in [0.4, 0.5) is 0 Å². The molecule has 6 heteroatoms. The molecule has 1 aromatic heterocycles. The molecule has 0 saturated heterocycles. The van der Waals surface area contributed by atoms with Crippen LogP contribution in [0.15, 0.2) is 53.6 Å². The normalized spacial score (nSPS) is 13.7. The number of aromatic nitrogens is 1. The number of hydrogen-bond donors (Lipinski definition) is 4. The van der Waals surface area contributed by atoms with Crippen LogP contribution in [0.1, 0.15) is 28.7 Å². The molecule has 0 radical (unpaired) electrons. The molecule has 0 saturated carbocycles. The Kier molecular flexibility index (Phi) is 6.34. The molecule has 1 aliphatic heterocycles. The van der Waals surface area contributed by atoms with Crippen LogP contribution < -0.4 is 10.8 Å². The zero-order valence-electron chi connectivity index (χ0n) is 16.2. The van der Waals surface area contributed by atoms with Crippen molar-refractivity contribution in [3.05, 3.63) is 70.8 Å². The first-order valence-electron chi connectivity index (χ1n) is 9.91. The molecule has 2 heterocycles. The van der Waals surface area contributed by atoms with E-state index in [0.29, 0.717) is 0 Å². The summed E-state index contributed by atoms with van der Waals surface area (Å²) in [7, 11) is 0. The van der Waals surface area contributed by atoms with Crippen LogP contribution in [0, 0.1) is 0 Å². The Labute approximate surface area is 174 Å². The van der Waals surface area contributed by atoms with E-state index in [9.17, 15) is 4.79 Å². The lowest BCUT2D eigenvalue weighted by molar-refractivity contribution is -0.124. The number of thioether (sulfide) groups is 1. The van der Waals surface area contributed by atoms with Crippen molar-refractivity contribution in [1.29, 1.82) is 0 Å². The second-order valence-electron chi connectivity index (χ2n) is 7.24. The number of H-pyrrole nitrogens is 1. The van der Waals surface area contributed by atoms with Gasteiger partial charge in [-0.05, 0) is 66.0 Å². The highest BCUT2D eigenvalue weighted by atomic mass is 32.2. The molecule has 0 bridgehead atoms. The predicted octanol–water partition coefficient (Wildman–Crippen LogP) is 4.06. The van der Waals surface area contributed by atoms with Gasteiger partial charge in [0.2, 0.25) is 0 Å². The molecule has 29 heavy (non-hydrogen) atoms.